The quantitative estimate of drug-likeness (QED) is 0.856. The van der Waals surface area contributed by atoms with Gasteiger partial charge in [-0.15, -0.1) is 0 Å². The molecule has 0 fully saturated rings. The lowest BCUT2D eigenvalue weighted by Crippen LogP contribution is -2.13. The zero-order valence-corrected chi connectivity index (χ0v) is 10.3. The van der Waals surface area contributed by atoms with E-state index in [4.69, 9.17) is 0 Å². The Bertz CT molecular complexity index is 573. The van der Waals surface area contributed by atoms with Crippen molar-refractivity contribution in [1.82, 2.24) is 0 Å². The second-order valence-electron chi connectivity index (χ2n) is 4.31. The van der Waals surface area contributed by atoms with Crippen LogP contribution in [-0.4, -0.2) is 5.91 Å². The van der Waals surface area contributed by atoms with Crippen molar-refractivity contribution >= 4 is 11.6 Å². The zero-order valence-electron chi connectivity index (χ0n) is 10.3. The maximum atomic E-state index is 13.4. The molecule has 0 saturated heterocycles. The summed E-state index contributed by atoms with van der Waals surface area (Å²) in [5, 5.41) is 2.70. The largest absolute Gasteiger partial charge is 0.322 e. The summed E-state index contributed by atoms with van der Waals surface area (Å²) in [7, 11) is 0. The first-order valence-electron chi connectivity index (χ1n) is 5.70. The zero-order chi connectivity index (χ0) is 13.1. The Balaban J connectivity index is 2.24. The van der Waals surface area contributed by atoms with Gasteiger partial charge in [-0.1, -0.05) is 18.2 Å². The molecule has 0 heterocycles. The summed E-state index contributed by atoms with van der Waals surface area (Å²) in [4.78, 5) is 11.9. The fraction of sp³-hybridized carbons (Fsp3) is 0.133. The number of anilines is 1. The van der Waals surface area contributed by atoms with Crippen LogP contribution in [0.5, 0.6) is 0 Å². The molecule has 0 unspecified atom stereocenters. The maximum Gasteiger partial charge on any atom is 0.258 e. The molecule has 0 radical (unpaired) electrons. The molecule has 92 valence electrons. The summed E-state index contributed by atoms with van der Waals surface area (Å²) in [5.74, 6) is -0.947. The van der Waals surface area contributed by atoms with Crippen molar-refractivity contribution in [2.75, 3.05) is 5.32 Å². The highest BCUT2D eigenvalue weighted by molar-refractivity contribution is 6.04. The molecule has 0 saturated carbocycles. The molecule has 0 spiro atoms. The molecule has 1 amide bonds. The fourth-order valence-electron chi connectivity index (χ4n) is 1.89. The van der Waals surface area contributed by atoms with Gasteiger partial charge in [-0.25, -0.2) is 4.39 Å². The molecule has 0 aliphatic rings. The number of hydrogen-bond acceptors (Lipinski definition) is 1. The summed E-state index contributed by atoms with van der Waals surface area (Å²) < 4.78 is 13.4. The predicted octanol–water partition coefficient (Wildman–Crippen LogP) is 3.69. The number of hydrogen-bond donors (Lipinski definition) is 1. The van der Waals surface area contributed by atoms with Crippen LogP contribution in [0.3, 0.4) is 0 Å². The first-order chi connectivity index (χ1) is 8.56. The minimum Gasteiger partial charge on any atom is -0.322 e. The second kappa shape index (κ2) is 5.00. The Morgan fingerprint density at radius 1 is 1.06 bits per heavy atom. The van der Waals surface area contributed by atoms with Crippen molar-refractivity contribution < 1.29 is 9.18 Å². The van der Waals surface area contributed by atoms with E-state index in [1.165, 1.54) is 12.1 Å². The van der Waals surface area contributed by atoms with Crippen LogP contribution in [-0.2, 0) is 0 Å². The van der Waals surface area contributed by atoms with Gasteiger partial charge in [0.15, 0.2) is 0 Å². The van der Waals surface area contributed by atoms with Crippen molar-refractivity contribution in [1.29, 1.82) is 0 Å². The van der Waals surface area contributed by atoms with Crippen LogP contribution in [0.25, 0.3) is 0 Å². The minimum atomic E-state index is -0.514. The third-order valence-corrected chi connectivity index (χ3v) is 2.60. The monoisotopic (exact) mass is 243 g/mol. The standard InChI is InChI=1S/C15H14FNO/c1-10-7-11(2)9-12(8-10)17-15(18)13-5-3-4-6-14(13)16/h3-9H,1-2H3,(H,17,18). The van der Waals surface area contributed by atoms with Crippen molar-refractivity contribution in [2.24, 2.45) is 0 Å². The molecule has 18 heavy (non-hydrogen) atoms. The molecule has 2 aromatic rings. The van der Waals surface area contributed by atoms with Gasteiger partial charge in [-0.05, 0) is 49.2 Å². The number of rotatable bonds is 2. The van der Waals surface area contributed by atoms with Gasteiger partial charge in [0.05, 0.1) is 5.56 Å². The van der Waals surface area contributed by atoms with Crippen molar-refractivity contribution in [3.05, 3.63) is 65.0 Å². The van der Waals surface area contributed by atoms with Crippen LogP contribution >= 0.6 is 0 Å². The van der Waals surface area contributed by atoms with Crippen molar-refractivity contribution in [3.63, 3.8) is 0 Å². The molecule has 2 rings (SSSR count). The molecule has 0 aromatic heterocycles. The van der Waals surface area contributed by atoms with Gasteiger partial charge in [-0.2, -0.15) is 0 Å². The minimum absolute atomic E-state index is 0.0525. The van der Waals surface area contributed by atoms with Gasteiger partial charge in [0, 0.05) is 5.69 Å². The van der Waals surface area contributed by atoms with E-state index in [-0.39, 0.29) is 5.56 Å². The average molecular weight is 243 g/mol. The van der Waals surface area contributed by atoms with E-state index in [9.17, 15) is 9.18 Å². The Labute approximate surface area is 105 Å². The van der Waals surface area contributed by atoms with E-state index < -0.39 is 11.7 Å². The molecular formula is C15H14FNO. The van der Waals surface area contributed by atoms with Crippen molar-refractivity contribution in [2.45, 2.75) is 13.8 Å². The molecule has 3 heteroatoms. The summed E-state index contributed by atoms with van der Waals surface area (Å²) in [6, 6.07) is 11.7. The molecule has 2 aromatic carbocycles. The molecule has 0 atom stereocenters. The number of nitrogens with one attached hydrogen (secondary N) is 1. The van der Waals surface area contributed by atoms with E-state index in [0.717, 1.165) is 11.1 Å². The third-order valence-electron chi connectivity index (χ3n) is 2.60. The number of carbonyl (C=O) groups is 1. The molecule has 0 aliphatic carbocycles. The number of carbonyl (C=O) groups excluding carboxylic acids is 1. The van der Waals surface area contributed by atoms with Gasteiger partial charge in [0.1, 0.15) is 5.82 Å². The van der Waals surface area contributed by atoms with Crippen LogP contribution in [0, 0.1) is 19.7 Å². The number of halogens is 1. The highest BCUT2D eigenvalue weighted by Crippen LogP contribution is 2.15. The van der Waals surface area contributed by atoms with E-state index in [0.29, 0.717) is 5.69 Å². The molecule has 0 aliphatic heterocycles. The highest BCUT2D eigenvalue weighted by Gasteiger charge is 2.10. The molecule has 2 nitrogen and oxygen atoms in total. The van der Waals surface area contributed by atoms with E-state index in [1.807, 2.05) is 32.0 Å². The van der Waals surface area contributed by atoms with Crippen LogP contribution in [0.15, 0.2) is 42.5 Å². The average Bonchev–Trinajstić information content (AvgIpc) is 2.27. The second-order valence-corrected chi connectivity index (χ2v) is 4.31. The molecular weight excluding hydrogens is 229 g/mol. The Morgan fingerprint density at radius 2 is 1.67 bits per heavy atom. The lowest BCUT2D eigenvalue weighted by Gasteiger charge is -2.08. The van der Waals surface area contributed by atoms with Gasteiger partial charge >= 0.3 is 0 Å². The maximum absolute atomic E-state index is 13.4. The van der Waals surface area contributed by atoms with E-state index in [2.05, 4.69) is 5.32 Å². The van der Waals surface area contributed by atoms with Gasteiger partial charge < -0.3 is 5.32 Å². The smallest absolute Gasteiger partial charge is 0.258 e. The van der Waals surface area contributed by atoms with Crippen LogP contribution in [0.1, 0.15) is 21.5 Å². The fourth-order valence-corrected chi connectivity index (χ4v) is 1.89. The lowest BCUT2D eigenvalue weighted by molar-refractivity contribution is 0.102. The Hall–Kier alpha value is -2.16. The topological polar surface area (TPSA) is 29.1 Å². The number of aryl methyl sites for hydroxylation is 2. The first-order valence-corrected chi connectivity index (χ1v) is 5.70. The van der Waals surface area contributed by atoms with Crippen molar-refractivity contribution in [3.8, 4) is 0 Å². The van der Waals surface area contributed by atoms with Gasteiger partial charge in [0.25, 0.3) is 5.91 Å². The molecule has 0 bridgehead atoms. The number of benzene rings is 2. The normalized spacial score (nSPS) is 10.2. The summed E-state index contributed by atoms with van der Waals surface area (Å²) >= 11 is 0. The lowest BCUT2D eigenvalue weighted by atomic mass is 10.1. The van der Waals surface area contributed by atoms with Gasteiger partial charge in [0.2, 0.25) is 0 Å². The summed E-state index contributed by atoms with van der Waals surface area (Å²) in [5.41, 5.74) is 2.84. The Kier molecular flexibility index (Phi) is 3.42. The van der Waals surface area contributed by atoms with Crippen LogP contribution in [0.4, 0.5) is 10.1 Å². The molecule has 1 N–H and O–H groups in total. The highest BCUT2D eigenvalue weighted by atomic mass is 19.1. The van der Waals surface area contributed by atoms with E-state index >= 15 is 0 Å². The van der Waals surface area contributed by atoms with Gasteiger partial charge in [-0.3, -0.25) is 4.79 Å². The summed E-state index contributed by atoms with van der Waals surface area (Å²) in [6.07, 6.45) is 0. The Morgan fingerprint density at radius 3 is 2.28 bits per heavy atom. The first kappa shape index (κ1) is 12.3. The number of amides is 1. The van der Waals surface area contributed by atoms with E-state index in [1.54, 1.807) is 12.1 Å². The SMILES string of the molecule is Cc1cc(C)cc(NC(=O)c2ccccc2F)c1. The third kappa shape index (κ3) is 2.74. The summed E-state index contributed by atoms with van der Waals surface area (Å²) in [6.45, 7) is 3.90. The predicted molar refractivity (Wildman–Crippen MR) is 70.3 cm³/mol. The van der Waals surface area contributed by atoms with Crippen LogP contribution in [0.2, 0.25) is 0 Å². The van der Waals surface area contributed by atoms with Crippen LogP contribution < -0.4 is 5.32 Å².